The highest BCUT2D eigenvalue weighted by Crippen LogP contribution is 2.42. The van der Waals surface area contributed by atoms with Crippen LogP contribution in [0.1, 0.15) is 0 Å². The molecule has 148 valence electrons. The maximum absolute atomic E-state index is 2.53. The second-order valence-electron chi connectivity index (χ2n) is 8.68. The van der Waals surface area contributed by atoms with Gasteiger partial charge < -0.3 is 13.9 Å². The minimum atomic E-state index is 0.0969. The van der Waals surface area contributed by atoms with Gasteiger partial charge in [-0.3, -0.25) is 0 Å². The average molecular weight is 407 g/mol. The maximum atomic E-state index is 2.53. The van der Waals surface area contributed by atoms with Crippen LogP contribution < -0.4 is 16.0 Å². The molecular weight excluding hydrogens is 389 g/mol. The summed E-state index contributed by atoms with van der Waals surface area (Å²) in [4.78, 5) is 2.53. The number of para-hydroxylation sites is 6. The van der Waals surface area contributed by atoms with Crippen LogP contribution >= 0.6 is 0 Å². The quantitative estimate of drug-likeness (QED) is 0.318. The molecule has 0 bridgehead atoms. The van der Waals surface area contributed by atoms with Crippen LogP contribution in [0.2, 0.25) is 0 Å². The minimum absolute atomic E-state index is 0.0969. The molecule has 6 aromatic rings. The lowest BCUT2D eigenvalue weighted by Crippen LogP contribution is -2.63. The van der Waals surface area contributed by atoms with Gasteiger partial charge in [-0.1, -0.05) is 60.7 Å². The van der Waals surface area contributed by atoms with Crippen LogP contribution in [0.5, 0.6) is 0 Å². The van der Waals surface area contributed by atoms with E-state index in [-0.39, 0.29) is 6.85 Å². The summed E-state index contributed by atoms with van der Waals surface area (Å²) in [5.41, 5.74) is 10.1. The number of hydrogen-bond acceptors (Lipinski definition) is 1. The van der Waals surface area contributed by atoms with Gasteiger partial charge in [-0.15, -0.1) is 0 Å². The highest BCUT2D eigenvalue weighted by Gasteiger charge is 2.44. The second-order valence-corrected chi connectivity index (χ2v) is 8.68. The number of aromatic nitrogens is 2. The summed E-state index contributed by atoms with van der Waals surface area (Å²) in [7, 11) is 0. The third kappa shape index (κ3) is 1.89. The molecule has 0 saturated carbocycles. The Hall–Kier alpha value is -4.18. The van der Waals surface area contributed by atoms with Gasteiger partial charge in [0.1, 0.15) is 0 Å². The van der Waals surface area contributed by atoms with E-state index in [1.54, 1.807) is 0 Å². The Morgan fingerprint density at radius 3 is 1.34 bits per heavy atom. The van der Waals surface area contributed by atoms with Gasteiger partial charge in [-0.25, -0.2) is 0 Å². The van der Waals surface area contributed by atoms with Crippen molar-refractivity contribution in [1.82, 2.24) is 9.13 Å². The number of fused-ring (bicyclic) bond motifs is 15. The zero-order chi connectivity index (χ0) is 20.8. The second kappa shape index (κ2) is 5.74. The van der Waals surface area contributed by atoms with E-state index in [2.05, 4.69) is 123 Å². The van der Waals surface area contributed by atoms with E-state index < -0.39 is 0 Å². The van der Waals surface area contributed by atoms with Gasteiger partial charge in [0.2, 0.25) is 0 Å². The van der Waals surface area contributed by atoms with E-state index >= 15 is 0 Å². The lowest BCUT2D eigenvalue weighted by Gasteiger charge is -2.42. The molecule has 0 atom stereocenters. The Morgan fingerprint density at radius 1 is 0.438 bits per heavy atom. The molecule has 32 heavy (non-hydrogen) atoms. The van der Waals surface area contributed by atoms with Crippen molar-refractivity contribution >= 4 is 51.2 Å². The zero-order valence-corrected chi connectivity index (χ0v) is 17.3. The molecule has 0 amide bonds. The van der Waals surface area contributed by atoms with Gasteiger partial charge >= 0.3 is 6.85 Å². The first-order chi connectivity index (χ1) is 15.9. The van der Waals surface area contributed by atoms with Crippen molar-refractivity contribution in [3.8, 4) is 11.4 Å². The van der Waals surface area contributed by atoms with E-state index in [1.807, 2.05) is 0 Å². The molecule has 2 aromatic heterocycles. The van der Waals surface area contributed by atoms with Crippen LogP contribution in [0.15, 0.2) is 109 Å². The van der Waals surface area contributed by atoms with Gasteiger partial charge in [0.05, 0.1) is 33.8 Å². The number of benzene rings is 4. The van der Waals surface area contributed by atoms with Crippen molar-refractivity contribution in [2.45, 2.75) is 0 Å². The molecule has 0 N–H and O–H groups in total. The van der Waals surface area contributed by atoms with Gasteiger partial charge in [0.25, 0.3) is 0 Å². The summed E-state index contributed by atoms with van der Waals surface area (Å²) in [6.07, 6.45) is 0. The average Bonchev–Trinajstić information content (AvgIpc) is 3.43. The van der Waals surface area contributed by atoms with Crippen molar-refractivity contribution in [3.05, 3.63) is 109 Å². The minimum Gasteiger partial charge on any atom is -0.372 e. The first-order valence-corrected chi connectivity index (χ1v) is 11.1. The van der Waals surface area contributed by atoms with Gasteiger partial charge in [-0.05, 0) is 59.3 Å². The molecule has 0 radical (unpaired) electrons. The molecule has 2 aliphatic rings. The largest absolute Gasteiger partial charge is 0.372 e. The number of hydrogen-bond donors (Lipinski definition) is 0. The summed E-state index contributed by atoms with van der Waals surface area (Å²) in [6.45, 7) is 0.0969. The van der Waals surface area contributed by atoms with Crippen molar-refractivity contribution in [3.63, 3.8) is 0 Å². The van der Waals surface area contributed by atoms with Crippen molar-refractivity contribution in [2.24, 2.45) is 0 Å². The predicted molar refractivity (Wildman–Crippen MR) is 134 cm³/mol. The third-order valence-electron chi connectivity index (χ3n) is 7.06. The van der Waals surface area contributed by atoms with E-state index in [4.69, 9.17) is 0 Å². The molecule has 4 heterocycles. The lowest BCUT2D eigenvalue weighted by atomic mass is 9.51. The predicted octanol–water partition coefficient (Wildman–Crippen LogP) is 5.15. The number of anilines is 2. The van der Waals surface area contributed by atoms with E-state index in [9.17, 15) is 0 Å². The monoisotopic (exact) mass is 407 g/mol. The van der Waals surface area contributed by atoms with Crippen LogP contribution in [-0.4, -0.2) is 16.0 Å². The van der Waals surface area contributed by atoms with Crippen LogP contribution in [0.4, 0.5) is 11.4 Å². The molecule has 4 heteroatoms. The summed E-state index contributed by atoms with van der Waals surface area (Å²) in [6, 6.07) is 39.8. The van der Waals surface area contributed by atoms with Crippen LogP contribution in [0.25, 0.3) is 33.2 Å². The number of nitrogens with zero attached hydrogens (tertiary/aromatic N) is 3. The first-order valence-electron chi connectivity index (χ1n) is 11.1. The fourth-order valence-corrected chi connectivity index (χ4v) is 5.83. The normalized spacial score (nSPS) is 13.5. The topological polar surface area (TPSA) is 13.1 Å². The lowest BCUT2D eigenvalue weighted by molar-refractivity contribution is 1.07. The Labute approximate surface area is 185 Å². The fourth-order valence-electron chi connectivity index (χ4n) is 5.83. The molecule has 0 saturated heterocycles. The SMILES string of the molecule is c1ccc2c(c1)N1B(c3cc4ccccc4n3-2)c2cc3ccccc3n2-c2ccccc21. The smallest absolute Gasteiger partial charge is 0.363 e. The fraction of sp³-hybridized carbons (Fsp3) is 0. The number of rotatable bonds is 0. The molecule has 8 rings (SSSR count). The van der Waals surface area contributed by atoms with Gasteiger partial charge in [-0.2, -0.15) is 0 Å². The maximum Gasteiger partial charge on any atom is 0.363 e. The standard InChI is InChI=1S/C28H18BN3/c1-3-11-21-19(9-1)17-27-29-28-18-20-10-2-4-12-22(20)31(28)24-14-6-8-16-26(24)32(29)25-15-7-5-13-23(25)30(21)27/h1-18H. The molecule has 3 nitrogen and oxygen atoms in total. The van der Waals surface area contributed by atoms with Gasteiger partial charge in [0, 0.05) is 11.2 Å². The molecule has 0 unspecified atom stereocenters. The summed E-state index contributed by atoms with van der Waals surface area (Å²) >= 11 is 0. The summed E-state index contributed by atoms with van der Waals surface area (Å²) in [5.74, 6) is 0. The Balaban J connectivity index is 1.57. The van der Waals surface area contributed by atoms with E-state index in [0.717, 1.165) is 0 Å². The van der Waals surface area contributed by atoms with Crippen molar-refractivity contribution in [1.29, 1.82) is 0 Å². The molecule has 0 aliphatic carbocycles. The van der Waals surface area contributed by atoms with E-state index in [1.165, 1.54) is 55.7 Å². The Morgan fingerprint density at radius 2 is 0.844 bits per heavy atom. The van der Waals surface area contributed by atoms with Gasteiger partial charge in [0.15, 0.2) is 0 Å². The van der Waals surface area contributed by atoms with Crippen LogP contribution in [0.3, 0.4) is 0 Å². The van der Waals surface area contributed by atoms with E-state index in [0.29, 0.717) is 0 Å². The van der Waals surface area contributed by atoms with Crippen LogP contribution in [0, 0.1) is 0 Å². The zero-order valence-electron chi connectivity index (χ0n) is 17.3. The highest BCUT2D eigenvalue weighted by molar-refractivity contribution is 6.89. The third-order valence-corrected chi connectivity index (χ3v) is 7.06. The Bertz CT molecular complexity index is 1580. The van der Waals surface area contributed by atoms with Crippen molar-refractivity contribution in [2.75, 3.05) is 4.81 Å². The molecule has 0 spiro atoms. The Kier molecular flexibility index (Phi) is 2.96. The molecular formula is C28H18BN3. The summed E-state index contributed by atoms with van der Waals surface area (Å²) < 4.78 is 4.92. The molecule has 4 aromatic carbocycles. The molecule has 2 aliphatic heterocycles. The first kappa shape index (κ1) is 16.5. The van der Waals surface area contributed by atoms with Crippen LogP contribution in [-0.2, 0) is 0 Å². The summed E-state index contributed by atoms with van der Waals surface area (Å²) in [5, 5.41) is 2.56. The molecule has 0 fully saturated rings. The van der Waals surface area contributed by atoms with Crippen molar-refractivity contribution < 1.29 is 0 Å². The highest BCUT2D eigenvalue weighted by atomic mass is 15.2.